The molecule has 0 bridgehead atoms. The molecule has 2 aromatic rings. The Morgan fingerprint density at radius 2 is 2.22 bits per heavy atom. The van der Waals surface area contributed by atoms with Gasteiger partial charge in [0, 0.05) is 24.3 Å². The van der Waals surface area contributed by atoms with Gasteiger partial charge < -0.3 is 5.32 Å². The number of rotatable bonds is 5. The topological polar surface area (TPSA) is 29.9 Å². The maximum absolute atomic E-state index is 4.42. The molecule has 3 heteroatoms. The van der Waals surface area contributed by atoms with Gasteiger partial charge in [-0.15, -0.1) is 0 Å². The minimum atomic E-state index is 0.755. The standard InChI is InChI=1S/C15H19N3/c1-12-3-2-4-13(7-12)10-18-11-14(9-17-18)8-16-15-5-6-15/h2-4,7,9,11,15-16H,5-6,8,10H2,1H3. The number of hydrogen-bond donors (Lipinski definition) is 1. The fourth-order valence-corrected chi connectivity index (χ4v) is 2.13. The number of benzene rings is 1. The molecule has 0 radical (unpaired) electrons. The lowest BCUT2D eigenvalue weighted by molar-refractivity contribution is 0.675. The molecule has 1 saturated carbocycles. The number of aromatic nitrogens is 2. The summed E-state index contributed by atoms with van der Waals surface area (Å²) in [6.07, 6.45) is 6.76. The van der Waals surface area contributed by atoms with Crippen molar-refractivity contribution in [2.75, 3.05) is 0 Å². The largest absolute Gasteiger partial charge is 0.310 e. The quantitative estimate of drug-likeness (QED) is 0.871. The van der Waals surface area contributed by atoms with E-state index in [2.05, 4.69) is 47.8 Å². The van der Waals surface area contributed by atoms with E-state index in [4.69, 9.17) is 0 Å². The van der Waals surface area contributed by atoms with Crippen LogP contribution in [0.15, 0.2) is 36.7 Å². The first-order valence-corrected chi connectivity index (χ1v) is 6.60. The summed E-state index contributed by atoms with van der Waals surface area (Å²) in [6, 6.07) is 9.34. The van der Waals surface area contributed by atoms with Crippen molar-refractivity contribution in [3.8, 4) is 0 Å². The summed E-state index contributed by atoms with van der Waals surface area (Å²) in [5.41, 5.74) is 3.88. The van der Waals surface area contributed by atoms with Crippen molar-refractivity contribution in [1.82, 2.24) is 15.1 Å². The van der Waals surface area contributed by atoms with E-state index in [1.807, 2.05) is 10.9 Å². The third-order valence-corrected chi connectivity index (χ3v) is 3.29. The van der Waals surface area contributed by atoms with Crippen LogP contribution in [0, 0.1) is 6.92 Å². The minimum Gasteiger partial charge on any atom is -0.310 e. The number of nitrogens with zero attached hydrogens (tertiary/aromatic N) is 2. The van der Waals surface area contributed by atoms with E-state index in [0.29, 0.717) is 0 Å². The second-order valence-corrected chi connectivity index (χ2v) is 5.19. The Hall–Kier alpha value is -1.61. The van der Waals surface area contributed by atoms with Crippen molar-refractivity contribution in [3.05, 3.63) is 53.3 Å². The average molecular weight is 241 g/mol. The van der Waals surface area contributed by atoms with Crippen molar-refractivity contribution in [3.63, 3.8) is 0 Å². The molecule has 1 N–H and O–H groups in total. The van der Waals surface area contributed by atoms with Crippen LogP contribution in [0.5, 0.6) is 0 Å². The monoisotopic (exact) mass is 241 g/mol. The fourth-order valence-electron chi connectivity index (χ4n) is 2.13. The Kier molecular flexibility index (Phi) is 3.15. The molecule has 0 atom stereocenters. The highest BCUT2D eigenvalue weighted by atomic mass is 15.3. The maximum atomic E-state index is 4.42. The van der Waals surface area contributed by atoms with E-state index >= 15 is 0 Å². The summed E-state index contributed by atoms with van der Waals surface area (Å²) in [4.78, 5) is 0. The van der Waals surface area contributed by atoms with Crippen molar-refractivity contribution in [1.29, 1.82) is 0 Å². The summed E-state index contributed by atoms with van der Waals surface area (Å²) in [5, 5.41) is 7.92. The number of hydrogen-bond acceptors (Lipinski definition) is 2. The molecule has 94 valence electrons. The van der Waals surface area contributed by atoms with Gasteiger partial charge in [-0.25, -0.2) is 0 Å². The van der Waals surface area contributed by atoms with Gasteiger partial charge in [-0.05, 0) is 25.3 Å². The summed E-state index contributed by atoms with van der Waals surface area (Å²) < 4.78 is 2.01. The Balaban J connectivity index is 1.61. The highest BCUT2D eigenvalue weighted by Gasteiger charge is 2.20. The molecule has 0 amide bonds. The van der Waals surface area contributed by atoms with Gasteiger partial charge in [0.05, 0.1) is 12.7 Å². The average Bonchev–Trinajstić information content (AvgIpc) is 3.08. The molecule has 0 spiro atoms. The van der Waals surface area contributed by atoms with E-state index in [-0.39, 0.29) is 0 Å². The van der Waals surface area contributed by atoms with Gasteiger partial charge in [0.2, 0.25) is 0 Å². The molecule has 3 nitrogen and oxygen atoms in total. The molecule has 0 unspecified atom stereocenters. The van der Waals surface area contributed by atoms with Crippen LogP contribution in [0.3, 0.4) is 0 Å². The van der Waals surface area contributed by atoms with Crippen molar-refractivity contribution < 1.29 is 0 Å². The molecule has 18 heavy (non-hydrogen) atoms. The second-order valence-electron chi connectivity index (χ2n) is 5.19. The van der Waals surface area contributed by atoms with E-state index in [9.17, 15) is 0 Å². The molecule has 1 heterocycles. The molecule has 0 saturated heterocycles. The molecule has 1 aromatic heterocycles. The highest BCUT2D eigenvalue weighted by molar-refractivity contribution is 5.22. The molecule has 1 aliphatic carbocycles. The van der Waals surface area contributed by atoms with Crippen LogP contribution in [0.4, 0.5) is 0 Å². The summed E-state index contributed by atoms with van der Waals surface area (Å²) in [5.74, 6) is 0. The van der Waals surface area contributed by atoms with Crippen LogP contribution in [-0.2, 0) is 13.1 Å². The fraction of sp³-hybridized carbons (Fsp3) is 0.400. The number of aryl methyl sites for hydroxylation is 1. The Morgan fingerprint density at radius 3 is 3.00 bits per heavy atom. The van der Waals surface area contributed by atoms with E-state index < -0.39 is 0 Å². The Morgan fingerprint density at radius 1 is 1.33 bits per heavy atom. The predicted molar refractivity (Wildman–Crippen MR) is 72.4 cm³/mol. The molecule has 1 aliphatic rings. The third-order valence-electron chi connectivity index (χ3n) is 3.29. The minimum absolute atomic E-state index is 0.755. The van der Waals surface area contributed by atoms with Crippen LogP contribution < -0.4 is 5.32 Å². The van der Waals surface area contributed by atoms with Crippen molar-refractivity contribution >= 4 is 0 Å². The summed E-state index contributed by atoms with van der Waals surface area (Å²) >= 11 is 0. The predicted octanol–water partition coefficient (Wildman–Crippen LogP) is 2.49. The first-order valence-electron chi connectivity index (χ1n) is 6.60. The zero-order chi connectivity index (χ0) is 12.4. The number of nitrogens with one attached hydrogen (secondary N) is 1. The van der Waals surface area contributed by atoms with Gasteiger partial charge in [0.1, 0.15) is 0 Å². The van der Waals surface area contributed by atoms with Gasteiger partial charge in [0.15, 0.2) is 0 Å². The summed E-state index contributed by atoms with van der Waals surface area (Å²) in [7, 11) is 0. The first kappa shape index (κ1) is 11.5. The smallest absolute Gasteiger partial charge is 0.0659 e. The van der Waals surface area contributed by atoms with E-state index in [0.717, 1.165) is 19.1 Å². The molecular formula is C15H19N3. The zero-order valence-electron chi connectivity index (χ0n) is 10.8. The Labute approximate surface area is 108 Å². The van der Waals surface area contributed by atoms with Gasteiger partial charge >= 0.3 is 0 Å². The van der Waals surface area contributed by atoms with Crippen molar-refractivity contribution in [2.24, 2.45) is 0 Å². The van der Waals surface area contributed by atoms with Gasteiger partial charge in [0.25, 0.3) is 0 Å². The van der Waals surface area contributed by atoms with Crippen molar-refractivity contribution in [2.45, 2.75) is 38.9 Å². The van der Waals surface area contributed by atoms with Gasteiger partial charge in [-0.1, -0.05) is 29.8 Å². The van der Waals surface area contributed by atoms with E-state index in [1.165, 1.54) is 29.5 Å². The summed E-state index contributed by atoms with van der Waals surface area (Å²) in [6.45, 7) is 3.92. The lowest BCUT2D eigenvalue weighted by Gasteiger charge is -2.03. The second kappa shape index (κ2) is 4.94. The molecule has 1 aromatic carbocycles. The van der Waals surface area contributed by atoms with Crippen LogP contribution in [0.25, 0.3) is 0 Å². The third kappa shape index (κ3) is 2.99. The lowest BCUT2D eigenvalue weighted by atomic mass is 10.1. The van der Waals surface area contributed by atoms with Crippen LogP contribution in [-0.4, -0.2) is 15.8 Å². The first-order chi connectivity index (χ1) is 8.79. The van der Waals surface area contributed by atoms with Gasteiger partial charge in [-0.2, -0.15) is 5.10 Å². The maximum Gasteiger partial charge on any atom is 0.0659 e. The molecular weight excluding hydrogens is 222 g/mol. The van der Waals surface area contributed by atoms with E-state index in [1.54, 1.807) is 0 Å². The Bertz CT molecular complexity index is 526. The molecule has 1 fully saturated rings. The highest BCUT2D eigenvalue weighted by Crippen LogP contribution is 2.19. The van der Waals surface area contributed by atoms with Gasteiger partial charge in [-0.3, -0.25) is 4.68 Å². The SMILES string of the molecule is Cc1cccc(Cn2cc(CNC3CC3)cn2)c1. The zero-order valence-corrected chi connectivity index (χ0v) is 10.8. The van der Waals surface area contributed by atoms with Crippen LogP contribution in [0.2, 0.25) is 0 Å². The van der Waals surface area contributed by atoms with Crippen LogP contribution in [0.1, 0.15) is 29.5 Å². The normalized spacial score (nSPS) is 14.9. The molecule has 0 aliphatic heterocycles. The lowest BCUT2D eigenvalue weighted by Crippen LogP contribution is -2.14. The molecule has 3 rings (SSSR count). The van der Waals surface area contributed by atoms with Crippen LogP contribution >= 0.6 is 0 Å².